The van der Waals surface area contributed by atoms with Gasteiger partial charge in [-0.3, -0.25) is 0 Å². The van der Waals surface area contributed by atoms with Gasteiger partial charge >= 0.3 is 0 Å². The molecule has 0 radical (unpaired) electrons. The lowest BCUT2D eigenvalue weighted by Crippen LogP contribution is -2.11. The Kier molecular flexibility index (Phi) is 6.41. The van der Waals surface area contributed by atoms with Crippen molar-refractivity contribution in [3.8, 4) is 33.8 Å². The van der Waals surface area contributed by atoms with Crippen LogP contribution in [-0.4, -0.2) is 14.2 Å². The van der Waals surface area contributed by atoms with Crippen LogP contribution in [0.15, 0.2) is 97.1 Å². The molecule has 0 amide bonds. The highest BCUT2D eigenvalue weighted by molar-refractivity contribution is 6.34. The fraction of sp³-hybridized carbons (Fsp3) is 0.238. The van der Waals surface area contributed by atoms with Crippen LogP contribution in [0.1, 0.15) is 52.7 Å². The molecular formula is C42H40O2. The third-order valence-corrected chi connectivity index (χ3v) is 9.28. The molecule has 0 bridgehead atoms. The van der Waals surface area contributed by atoms with Gasteiger partial charge in [0.1, 0.15) is 11.5 Å². The summed E-state index contributed by atoms with van der Waals surface area (Å²) < 4.78 is 11.1. The molecule has 0 aromatic heterocycles. The number of methoxy groups -OCH3 is 2. The summed E-state index contributed by atoms with van der Waals surface area (Å²) in [5.41, 5.74) is 7.61. The van der Waals surface area contributed by atoms with E-state index in [9.17, 15) is 0 Å². The Balaban J connectivity index is 1.71. The van der Waals surface area contributed by atoms with Gasteiger partial charge in [0, 0.05) is 0 Å². The Labute approximate surface area is 260 Å². The van der Waals surface area contributed by atoms with Gasteiger partial charge in [0.15, 0.2) is 0 Å². The molecule has 0 atom stereocenters. The van der Waals surface area contributed by atoms with Crippen molar-refractivity contribution in [2.24, 2.45) is 0 Å². The maximum absolute atomic E-state index is 5.54. The minimum Gasteiger partial charge on any atom is -0.497 e. The van der Waals surface area contributed by atoms with Gasteiger partial charge in [-0.2, -0.15) is 0 Å². The maximum atomic E-state index is 5.54. The number of fused-ring (bicyclic) bond motifs is 2. The fourth-order valence-corrected chi connectivity index (χ4v) is 6.73. The fourth-order valence-electron chi connectivity index (χ4n) is 6.73. The first-order valence-corrected chi connectivity index (χ1v) is 15.5. The van der Waals surface area contributed by atoms with E-state index in [1.165, 1.54) is 76.5 Å². The zero-order valence-electron chi connectivity index (χ0n) is 27.1. The van der Waals surface area contributed by atoms with Crippen molar-refractivity contribution in [3.05, 3.63) is 108 Å². The number of hydrogen-bond donors (Lipinski definition) is 0. The Morgan fingerprint density at radius 2 is 0.909 bits per heavy atom. The van der Waals surface area contributed by atoms with Crippen molar-refractivity contribution in [1.29, 1.82) is 0 Å². The topological polar surface area (TPSA) is 18.5 Å². The van der Waals surface area contributed by atoms with E-state index in [-0.39, 0.29) is 10.8 Å². The largest absolute Gasteiger partial charge is 0.497 e. The third kappa shape index (κ3) is 4.56. The molecule has 0 saturated carbocycles. The first-order valence-electron chi connectivity index (χ1n) is 15.5. The minimum atomic E-state index is 0.0149. The van der Waals surface area contributed by atoms with Crippen molar-refractivity contribution < 1.29 is 9.47 Å². The van der Waals surface area contributed by atoms with Gasteiger partial charge in [0.2, 0.25) is 0 Å². The van der Waals surface area contributed by atoms with Gasteiger partial charge in [-0.05, 0) is 130 Å². The van der Waals surface area contributed by atoms with Crippen LogP contribution in [0.5, 0.6) is 11.5 Å². The maximum Gasteiger partial charge on any atom is 0.118 e. The predicted octanol–water partition coefficient (Wildman–Crippen LogP) is 11.7. The molecule has 0 unspecified atom stereocenters. The summed E-state index contributed by atoms with van der Waals surface area (Å²) in [5, 5.41) is 10.4. The van der Waals surface area contributed by atoms with Gasteiger partial charge < -0.3 is 9.47 Å². The predicted molar refractivity (Wildman–Crippen MR) is 189 cm³/mol. The van der Waals surface area contributed by atoms with Gasteiger partial charge in [0.25, 0.3) is 0 Å². The van der Waals surface area contributed by atoms with Gasteiger partial charge in [-0.25, -0.2) is 0 Å². The van der Waals surface area contributed by atoms with E-state index < -0.39 is 0 Å². The van der Waals surface area contributed by atoms with Crippen LogP contribution in [0.25, 0.3) is 65.3 Å². The average molecular weight is 577 g/mol. The SMILES string of the molecule is COc1ccc(-c2cc3cc(C(C)(C)C)cc4cc(-c5ccc(OC)cc5)c5c6ccc(C(C)(C)C)cc6cc2c5c34)cc1. The second kappa shape index (κ2) is 9.99. The first-order chi connectivity index (χ1) is 21.0. The lowest BCUT2D eigenvalue weighted by atomic mass is 9.79. The third-order valence-electron chi connectivity index (χ3n) is 9.28. The Hall–Kier alpha value is -4.56. The Bertz CT molecular complexity index is 2150. The van der Waals surface area contributed by atoms with Gasteiger partial charge in [-0.15, -0.1) is 0 Å². The van der Waals surface area contributed by atoms with E-state index in [1.54, 1.807) is 14.2 Å². The highest BCUT2D eigenvalue weighted by Gasteiger charge is 2.23. The molecule has 0 aliphatic rings. The summed E-state index contributed by atoms with van der Waals surface area (Å²) in [5.74, 6) is 1.73. The van der Waals surface area contributed by atoms with Crippen molar-refractivity contribution in [2.45, 2.75) is 52.4 Å². The van der Waals surface area contributed by atoms with E-state index in [0.29, 0.717) is 0 Å². The molecule has 7 rings (SSSR count). The molecule has 220 valence electrons. The molecule has 0 heterocycles. The quantitative estimate of drug-likeness (QED) is 0.153. The van der Waals surface area contributed by atoms with Crippen LogP contribution in [0.2, 0.25) is 0 Å². The van der Waals surface area contributed by atoms with Crippen LogP contribution < -0.4 is 9.47 Å². The van der Waals surface area contributed by atoms with Crippen LogP contribution in [0, 0.1) is 0 Å². The molecule has 7 aromatic carbocycles. The molecule has 0 spiro atoms. The van der Waals surface area contributed by atoms with E-state index in [1.807, 2.05) is 0 Å². The van der Waals surface area contributed by atoms with E-state index in [2.05, 4.69) is 139 Å². The summed E-state index contributed by atoms with van der Waals surface area (Å²) in [6, 6.07) is 36.2. The molecule has 44 heavy (non-hydrogen) atoms. The summed E-state index contributed by atoms with van der Waals surface area (Å²) >= 11 is 0. The minimum absolute atomic E-state index is 0.0149. The van der Waals surface area contributed by atoms with Crippen LogP contribution in [0.4, 0.5) is 0 Å². The average Bonchev–Trinajstić information content (AvgIpc) is 3.01. The van der Waals surface area contributed by atoms with E-state index in [0.717, 1.165) is 11.5 Å². The summed E-state index contributed by atoms with van der Waals surface area (Å²) in [7, 11) is 3.45. The lowest BCUT2D eigenvalue weighted by molar-refractivity contribution is 0.415. The normalized spacial score (nSPS) is 12.5. The lowest BCUT2D eigenvalue weighted by Gasteiger charge is -2.25. The molecule has 2 nitrogen and oxygen atoms in total. The highest BCUT2D eigenvalue weighted by atomic mass is 16.5. The molecular weight excluding hydrogens is 536 g/mol. The molecule has 0 N–H and O–H groups in total. The standard InChI is InChI=1S/C42H40O2/c1-41(2,3)30-13-18-34-27(19-30)22-37-35(25-9-14-32(43-7)15-10-25)23-28-20-31(42(4,5)6)21-29-24-36(39(34)40(37)38(28)29)26-11-16-33(44-8)17-12-26/h9-24H,1-8H3. The molecule has 0 aliphatic carbocycles. The number of ether oxygens (including phenoxy) is 2. The van der Waals surface area contributed by atoms with Crippen molar-refractivity contribution >= 4 is 43.1 Å². The van der Waals surface area contributed by atoms with Crippen LogP contribution in [-0.2, 0) is 10.8 Å². The number of hydrogen-bond acceptors (Lipinski definition) is 2. The van der Waals surface area contributed by atoms with Crippen LogP contribution >= 0.6 is 0 Å². The zero-order chi connectivity index (χ0) is 31.0. The van der Waals surface area contributed by atoms with Crippen molar-refractivity contribution in [1.82, 2.24) is 0 Å². The summed E-state index contributed by atoms with van der Waals surface area (Å²) in [6.45, 7) is 13.8. The van der Waals surface area contributed by atoms with Crippen molar-refractivity contribution in [3.63, 3.8) is 0 Å². The first kappa shape index (κ1) is 28.2. The molecule has 7 aromatic rings. The smallest absolute Gasteiger partial charge is 0.118 e. The van der Waals surface area contributed by atoms with E-state index >= 15 is 0 Å². The Morgan fingerprint density at radius 1 is 0.409 bits per heavy atom. The van der Waals surface area contributed by atoms with Crippen LogP contribution in [0.3, 0.4) is 0 Å². The second-order valence-electron chi connectivity index (χ2n) is 14.2. The Morgan fingerprint density at radius 3 is 1.43 bits per heavy atom. The van der Waals surface area contributed by atoms with E-state index in [4.69, 9.17) is 9.47 Å². The van der Waals surface area contributed by atoms with Gasteiger partial charge in [-0.1, -0.05) is 96.1 Å². The van der Waals surface area contributed by atoms with Gasteiger partial charge in [0.05, 0.1) is 14.2 Å². The second-order valence-corrected chi connectivity index (χ2v) is 14.2. The zero-order valence-corrected chi connectivity index (χ0v) is 27.1. The molecule has 0 aliphatic heterocycles. The molecule has 0 saturated heterocycles. The number of benzene rings is 7. The summed E-state index contributed by atoms with van der Waals surface area (Å²) in [4.78, 5) is 0. The molecule has 0 fully saturated rings. The summed E-state index contributed by atoms with van der Waals surface area (Å²) in [6.07, 6.45) is 0. The van der Waals surface area contributed by atoms with Crippen molar-refractivity contribution in [2.75, 3.05) is 14.2 Å². The monoisotopic (exact) mass is 576 g/mol. The number of rotatable bonds is 4. The highest BCUT2D eigenvalue weighted by Crippen LogP contribution is 2.48. The molecule has 2 heteroatoms.